The molecule has 1 fully saturated rings. The SMILES string of the molecule is COc1cccc(C2CCCN2C(=O)c2cn(C)c3ccccc3c2=O)c1. The van der Waals surface area contributed by atoms with Gasteiger partial charge < -0.3 is 14.2 Å². The molecule has 1 saturated heterocycles. The molecule has 1 aromatic heterocycles. The summed E-state index contributed by atoms with van der Waals surface area (Å²) in [6, 6.07) is 15.1. The molecule has 0 radical (unpaired) electrons. The minimum atomic E-state index is -0.204. The molecule has 27 heavy (non-hydrogen) atoms. The van der Waals surface area contributed by atoms with Crippen molar-refractivity contribution in [2.75, 3.05) is 13.7 Å². The molecule has 0 N–H and O–H groups in total. The molecule has 1 aliphatic rings. The Morgan fingerprint density at radius 3 is 2.78 bits per heavy atom. The number of aromatic nitrogens is 1. The van der Waals surface area contributed by atoms with Crippen LogP contribution < -0.4 is 10.2 Å². The van der Waals surface area contributed by atoms with E-state index >= 15 is 0 Å². The maximum Gasteiger partial charge on any atom is 0.259 e. The van der Waals surface area contributed by atoms with Crippen LogP contribution in [-0.2, 0) is 7.05 Å². The topological polar surface area (TPSA) is 51.5 Å². The summed E-state index contributed by atoms with van der Waals surface area (Å²) in [6.45, 7) is 0.649. The van der Waals surface area contributed by atoms with E-state index in [-0.39, 0.29) is 22.9 Å². The van der Waals surface area contributed by atoms with Crippen LogP contribution in [0, 0.1) is 0 Å². The lowest BCUT2D eigenvalue weighted by Gasteiger charge is -2.25. The van der Waals surface area contributed by atoms with Crippen molar-refractivity contribution in [3.8, 4) is 5.75 Å². The van der Waals surface area contributed by atoms with Gasteiger partial charge in [0.25, 0.3) is 5.91 Å². The standard InChI is InChI=1S/C22H22N2O3/c1-23-14-18(21(25)17-9-3-4-10-20(17)23)22(26)24-12-6-11-19(24)15-7-5-8-16(13-15)27-2/h3-5,7-10,13-14,19H,6,11-12H2,1-2H3. The van der Waals surface area contributed by atoms with Crippen molar-refractivity contribution in [2.24, 2.45) is 7.05 Å². The minimum Gasteiger partial charge on any atom is -0.497 e. The Balaban J connectivity index is 1.75. The van der Waals surface area contributed by atoms with Crippen molar-refractivity contribution in [3.63, 3.8) is 0 Å². The molecule has 2 heterocycles. The fraction of sp³-hybridized carbons (Fsp3) is 0.273. The molecule has 5 heteroatoms. The number of carbonyl (C=O) groups is 1. The van der Waals surface area contributed by atoms with Gasteiger partial charge in [-0.25, -0.2) is 0 Å². The largest absolute Gasteiger partial charge is 0.497 e. The molecule has 5 nitrogen and oxygen atoms in total. The third-order valence-electron chi connectivity index (χ3n) is 5.32. The first-order valence-corrected chi connectivity index (χ1v) is 9.13. The fourth-order valence-electron chi connectivity index (χ4n) is 3.95. The molecule has 0 saturated carbocycles. The molecule has 1 aliphatic heterocycles. The monoisotopic (exact) mass is 362 g/mol. The smallest absolute Gasteiger partial charge is 0.259 e. The van der Waals surface area contributed by atoms with Crippen molar-refractivity contribution in [1.29, 1.82) is 0 Å². The molecule has 4 rings (SSSR count). The predicted octanol–water partition coefficient (Wildman–Crippen LogP) is 3.52. The highest BCUT2D eigenvalue weighted by molar-refractivity contribution is 5.97. The van der Waals surface area contributed by atoms with Gasteiger partial charge in [0, 0.05) is 25.2 Å². The molecule has 2 aromatic carbocycles. The number of hydrogen-bond acceptors (Lipinski definition) is 3. The highest BCUT2D eigenvalue weighted by Gasteiger charge is 2.32. The van der Waals surface area contributed by atoms with E-state index in [0.717, 1.165) is 29.7 Å². The third kappa shape index (κ3) is 2.99. The fourth-order valence-corrected chi connectivity index (χ4v) is 3.95. The number of hydrogen-bond donors (Lipinski definition) is 0. The van der Waals surface area contributed by atoms with Crippen LogP contribution in [0.5, 0.6) is 5.75 Å². The van der Waals surface area contributed by atoms with Crippen molar-refractivity contribution >= 4 is 16.8 Å². The van der Waals surface area contributed by atoms with Gasteiger partial charge >= 0.3 is 0 Å². The predicted molar refractivity (Wildman–Crippen MR) is 105 cm³/mol. The van der Waals surface area contributed by atoms with Crippen molar-refractivity contribution in [2.45, 2.75) is 18.9 Å². The van der Waals surface area contributed by atoms with Gasteiger partial charge in [0.2, 0.25) is 5.43 Å². The molecule has 138 valence electrons. The van der Waals surface area contributed by atoms with Gasteiger partial charge in [-0.3, -0.25) is 9.59 Å². The number of amides is 1. The molecule has 0 aliphatic carbocycles. The third-order valence-corrected chi connectivity index (χ3v) is 5.32. The summed E-state index contributed by atoms with van der Waals surface area (Å²) in [7, 11) is 3.50. The van der Waals surface area contributed by atoms with Crippen LogP contribution in [0.3, 0.4) is 0 Å². The maximum absolute atomic E-state index is 13.3. The van der Waals surface area contributed by atoms with E-state index in [1.165, 1.54) is 0 Å². The first-order chi connectivity index (χ1) is 13.1. The maximum atomic E-state index is 13.3. The second kappa shape index (κ2) is 6.91. The Morgan fingerprint density at radius 1 is 1.15 bits per heavy atom. The number of nitrogens with zero attached hydrogens (tertiary/aromatic N) is 2. The van der Waals surface area contributed by atoms with Gasteiger partial charge in [0.1, 0.15) is 11.3 Å². The number of carbonyl (C=O) groups excluding carboxylic acids is 1. The Bertz CT molecular complexity index is 1070. The molecule has 1 atom stereocenters. The second-order valence-corrected chi connectivity index (χ2v) is 6.93. The molecular formula is C22H22N2O3. The summed E-state index contributed by atoms with van der Waals surface area (Å²) in [5.41, 5.74) is 1.89. The van der Waals surface area contributed by atoms with Crippen LogP contribution in [0.4, 0.5) is 0 Å². The zero-order valence-corrected chi connectivity index (χ0v) is 15.5. The number of pyridine rings is 1. The average Bonchev–Trinajstić information content (AvgIpc) is 3.20. The van der Waals surface area contributed by atoms with Gasteiger partial charge in [0.15, 0.2) is 0 Å². The van der Waals surface area contributed by atoms with Crippen molar-refractivity contribution in [3.05, 3.63) is 76.1 Å². The van der Waals surface area contributed by atoms with E-state index in [2.05, 4.69) is 0 Å². The Labute approximate surface area is 157 Å². The molecule has 1 amide bonds. The molecule has 3 aromatic rings. The summed E-state index contributed by atoms with van der Waals surface area (Å²) < 4.78 is 7.17. The highest BCUT2D eigenvalue weighted by Crippen LogP contribution is 2.34. The van der Waals surface area contributed by atoms with E-state index in [1.54, 1.807) is 19.4 Å². The minimum absolute atomic E-state index is 0.0382. The molecular weight excluding hydrogens is 340 g/mol. The number of para-hydroxylation sites is 1. The number of methoxy groups -OCH3 is 1. The van der Waals surface area contributed by atoms with E-state index in [1.807, 2.05) is 59.0 Å². The van der Waals surface area contributed by atoms with Crippen LogP contribution >= 0.6 is 0 Å². The lowest BCUT2D eigenvalue weighted by atomic mass is 10.0. The van der Waals surface area contributed by atoms with E-state index in [4.69, 9.17) is 4.74 Å². The number of ether oxygens (including phenoxy) is 1. The first-order valence-electron chi connectivity index (χ1n) is 9.13. The van der Waals surface area contributed by atoms with Crippen molar-refractivity contribution < 1.29 is 9.53 Å². The van der Waals surface area contributed by atoms with Crippen LogP contribution in [-0.4, -0.2) is 29.0 Å². The summed E-state index contributed by atoms with van der Waals surface area (Å²) >= 11 is 0. The Kier molecular flexibility index (Phi) is 4.44. The van der Waals surface area contributed by atoms with Gasteiger partial charge in [-0.15, -0.1) is 0 Å². The van der Waals surface area contributed by atoms with E-state index < -0.39 is 0 Å². The second-order valence-electron chi connectivity index (χ2n) is 6.93. The zero-order valence-electron chi connectivity index (χ0n) is 15.5. The molecule has 0 bridgehead atoms. The van der Waals surface area contributed by atoms with Crippen LogP contribution in [0.1, 0.15) is 34.8 Å². The first kappa shape index (κ1) is 17.3. The molecule has 0 spiro atoms. The molecule has 1 unspecified atom stereocenters. The quantitative estimate of drug-likeness (QED) is 0.716. The van der Waals surface area contributed by atoms with Gasteiger partial charge in [0.05, 0.1) is 18.7 Å². The number of likely N-dealkylation sites (tertiary alicyclic amines) is 1. The Hall–Kier alpha value is -3.08. The van der Waals surface area contributed by atoms with E-state index in [9.17, 15) is 9.59 Å². The number of benzene rings is 2. The summed E-state index contributed by atoms with van der Waals surface area (Å²) in [6.07, 6.45) is 3.46. The van der Waals surface area contributed by atoms with Gasteiger partial charge in [-0.05, 0) is 42.7 Å². The summed E-state index contributed by atoms with van der Waals surface area (Å²) in [5.74, 6) is 0.570. The number of fused-ring (bicyclic) bond motifs is 1. The Morgan fingerprint density at radius 2 is 1.96 bits per heavy atom. The van der Waals surface area contributed by atoms with E-state index in [0.29, 0.717) is 11.9 Å². The normalized spacial score (nSPS) is 16.7. The average molecular weight is 362 g/mol. The van der Waals surface area contributed by atoms with Crippen LogP contribution in [0.2, 0.25) is 0 Å². The number of aryl methyl sites for hydroxylation is 1. The van der Waals surface area contributed by atoms with Gasteiger partial charge in [-0.2, -0.15) is 0 Å². The highest BCUT2D eigenvalue weighted by atomic mass is 16.5. The van der Waals surface area contributed by atoms with Crippen molar-refractivity contribution in [1.82, 2.24) is 9.47 Å². The zero-order chi connectivity index (χ0) is 19.0. The van der Waals surface area contributed by atoms with Gasteiger partial charge in [-0.1, -0.05) is 24.3 Å². The lowest BCUT2D eigenvalue weighted by Crippen LogP contribution is -2.34. The lowest BCUT2D eigenvalue weighted by molar-refractivity contribution is 0.0733. The number of rotatable bonds is 3. The summed E-state index contributed by atoms with van der Waals surface area (Å²) in [4.78, 5) is 28.0. The van der Waals surface area contributed by atoms with Crippen LogP contribution in [0.25, 0.3) is 10.9 Å². The van der Waals surface area contributed by atoms with Crippen LogP contribution in [0.15, 0.2) is 59.5 Å². The summed E-state index contributed by atoms with van der Waals surface area (Å²) in [5, 5.41) is 0.572.